The number of nitrogens with zero attached hydrogens (tertiary/aromatic N) is 2. The first kappa shape index (κ1) is 14.7. The van der Waals surface area contributed by atoms with E-state index in [1.807, 2.05) is 0 Å². The van der Waals surface area contributed by atoms with E-state index in [-0.39, 0.29) is 15.2 Å². The molecule has 0 saturated carbocycles. The van der Waals surface area contributed by atoms with Crippen molar-refractivity contribution < 1.29 is 18.4 Å². The van der Waals surface area contributed by atoms with E-state index in [1.54, 1.807) is 0 Å². The number of halogens is 1. The zero-order valence-corrected chi connectivity index (χ0v) is 12.0. The van der Waals surface area contributed by atoms with Crippen molar-refractivity contribution in [3.63, 3.8) is 0 Å². The van der Waals surface area contributed by atoms with Gasteiger partial charge in [-0.2, -0.15) is 4.31 Å². The highest BCUT2D eigenvalue weighted by Crippen LogP contribution is 2.38. The summed E-state index contributed by atoms with van der Waals surface area (Å²) in [5.74, 6) is 0. The maximum absolute atomic E-state index is 12.3. The van der Waals surface area contributed by atoms with Crippen LogP contribution in [0.3, 0.4) is 0 Å². The smallest absolute Gasteiger partial charge is 0.300 e. The second-order valence-corrected chi connectivity index (χ2v) is 7.85. The van der Waals surface area contributed by atoms with Crippen LogP contribution < -0.4 is 0 Å². The topological polar surface area (TPSA) is 101 Å². The van der Waals surface area contributed by atoms with Crippen molar-refractivity contribution >= 4 is 38.6 Å². The lowest BCUT2D eigenvalue weighted by Gasteiger charge is -2.21. The zero-order chi connectivity index (χ0) is 14.2. The maximum Gasteiger partial charge on any atom is 0.300 e. The van der Waals surface area contributed by atoms with Crippen LogP contribution in [0.5, 0.6) is 0 Å². The van der Waals surface area contributed by atoms with Crippen LogP contribution in [-0.4, -0.2) is 41.9 Å². The monoisotopic (exact) mass is 326 g/mol. The van der Waals surface area contributed by atoms with Gasteiger partial charge >= 0.3 is 0 Å². The largest absolute Gasteiger partial charge is 0.395 e. The van der Waals surface area contributed by atoms with E-state index in [9.17, 15) is 18.5 Å². The quantitative estimate of drug-likeness (QED) is 0.666. The molecular formula is C9H11ClN2O5S2. The normalized spacial score (nSPS) is 20.8. The van der Waals surface area contributed by atoms with Gasteiger partial charge in [-0.1, -0.05) is 11.6 Å². The molecule has 1 atom stereocenters. The summed E-state index contributed by atoms with van der Waals surface area (Å²) in [5, 5.41) is 19.8. The number of rotatable bonds is 4. The summed E-state index contributed by atoms with van der Waals surface area (Å²) < 4.78 is 25.5. The number of hydrogen-bond donors (Lipinski definition) is 1. The number of thiophene rings is 1. The van der Waals surface area contributed by atoms with Crippen molar-refractivity contribution in [1.82, 2.24) is 4.31 Å². The molecule has 0 unspecified atom stereocenters. The minimum atomic E-state index is -3.83. The molecule has 19 heavy (non-hydrogen) atoms. The molecule has 10 heteroatoms. The van der Waals surface area contributed by atoms with Crippen molar-refractivity contribution in [2.75, 3.05) is 13.2 Å². The van der Waals surface area contributed by atoms with Crippen LogP contribution in [0.1, 0.15) is 12.8 Å². The SMILES string of the molecule is O=[N+]([O-])c1cc(S(=O)(=O)N2CCC[C@@H]2CO)sc1Cl. The molecule has 0 aliphatic carbocycles. The molecule has 0 spiro atoms. The first-order chi connectivity index (χ1) is 8.87. The van der Waals surface area contributed by atoms with E-state index >= 15 is 0 Å². The Labute approximate surface area is 118 Å². The summed E-state index contributed by atoms with van der Waals surface area (Å²) in [6.07, 6.45) is 1.24. The van der Waals surface area contributed by atoms with Crippen LogP contribution in [0.15, 0.2) is 10.3 Å². The Morgan fingerprint density at radius 2 is 2.32 bits per heavy atom. The standard InChI is InChI=1S/C9H11ClN2O5S2/c10-9-7(12(14)15)4-8(18-9)19(16,17)11-3-1-2-6(11)5-13/h4,6,13H,1-3,5H2/t6-/m1/s1. The lowest BCUT2D eigenvalue weighted by molar-refractivity contribution is -0.384. The van der Waals surface area contributed by atoms with Crippen LogP contribution in [0, 0.1) is 10.1 Å². The molecule has 0 aromatic carbocycles. The molecule has 7 nitrogen and oxygen atoms in total. The third-order valence-electron chi connectivity index (χ3n) is 2.94. The Bertz CT molecular complexity index is 600. The number of hydrogen-bond acceptors (Lipinski definition) is 6. The van der Waals surface area contributed by atoms with Crippen LogP contribution in [0.4, 0.5) is 5.69 Å². The van der Waals surface area contributed by atoms with Crippen molar-refractivity contribution in [3.05, 3.63) is 20.5 Å². The Hall–Kier alpha value is -0.740. The Morgan fingerprint density at radius 3 is 2.84 bits per heavy atom. The lowest BCUT2D eigenvalue weighted by Crippen LogP contribution is -2.37. The van der Waals surface area contributed by atoms with Gasteiger partial charge in [0, 0.05) is 18.7 Å². The van der Waals surface area contributed by atoms with Gasteiger partial charge in [-0.05, 0) is 12.8 Å². The number of aliphatic hydroxyl groups is 1. The van der Waals surface area contributed by atoms with Crippen molar-refractivity contribution in [1.29, 1.82) is 0 Å². The summed E-state index contributed by atoms with van der Waals surface area (Å²) in [5.41, 5.74) is -0.412. The first-order valence-corrected chi connectivity index (χ1v) is 8.08. The average Bonchev–Trinajstić information content (AvgIpc) is 2.94. The zero-order valence-electron chi connectivity index (χ0n) is 9.65. The third-order valence-corrected chi connectivity index (χ3v) is 6.68. The van der Waals surface area contributed by atoms with E-state index in [0.717, 1.165) is 6.07 Å². The fourth-order valence-corrected chi connectivity index (χ4v) is 5.49. The molecule has 1 saturated heterocycles. The second-order valence-electron chi connectivity index (χ2n) is 4.08. The van der Waals surface area contributed by atoms with Crippen LogP contribution in [-0.2, 0) is 10.0 Å². The Morgan fingerprint density at radius 1 is 1.63 bits per heavy atom. The number of sulfonamides is 1. The highest BCUT2D eigenvalue weighted by atomic mass is 35.5. The van der Waals surface area contributed by atoms with Crippen molar-refractivity contribution in [3.8, 4) is 0 Å². The Balaban J connectivity index is 2.40. The molecule has 1 fully saturated rings. The van der Waals surface area contributed by atoms with E-state index < -0.39 is 26.7 Å². The number of nitro groups is 1. The molecule has 1 aliphatic heterocycles. The average molecular weight is 327 g/mol. The van der Waals surface area contributed by atoms with Crippen LogP contribution >= 0.6 is 22.9 Å². The fraction of sp³-hybridized carbons (Fsp3) is 0.556. The molecule has 0 amide bonds. The molecular weight excluding hydrogens is 316 g/mol. The summed E-state index contributed by atoms with van der Waals surface area (Å²) in [7, 11) is -3.83. The molecule has 2 rings (SSSR count). The van der Waals surface area contributed by atoms with Crippen LogP contribution in [0.25, 0.3) is 0 Å². The summed E-state index contributed by atoms with van der Waals surface area (Å²) in [6, 6.07) is 0.500. The summed E-state index contributed by atoms with van der Waals surface area (Å²) in [6.45, 7) is 0.0390. The molecule has 1 aromatic heterocycles. The van der Waals surface area contributed by atoms with Gasteiger partial charge in [0.1, 0.15) is 4.21 Å². The van der Waals surface area contributed by atoms with Crippen molar-refractivity contribution in [2.45, 2.75) is 23.1 Å². The summed E-state index contributed by atoms with van der Waals surface area (Å²) >= 11 is 6.33. The molecule has 1 aromatic rings. The van der Waals surface area contributed by atoms with E-state index in [0.29, 0.717) is 30.7 Å². The minimum absolute atomic E-state index is 0.162. The molecule has 1 N–H and O–H groups in total. The first-order valence-electron chi connectivity index (χ1n) is 5.44. The fourth-order valence-electron chi connectivity index (χ4n) is 2.01. The van der Waals surface area contributed by atoms with Gasteiger partial charge in [0.05, 0.1) is 11.5 Å². The van der Waals surface area contributed by atoms with E-state index in [2.05, 4.69) is 0 Å². The highest BCUT2D eigenvalue weighted by molar-refractivity contribution is 7.91. The van der Waals surface area contributed by atoms with Gasteiger partial charge in [0.25, 0.3) is 15.7 Å². The molecule has 106 valence electrons. The van der Waals surface area contributed by atoms with Crippen molar-refractivity contribution in [2.24, 2.45) is 0 Å². The van der Waals surface area contributed by atoms with Crippen LogP contribution in [0.2, 0.25) is 4.34 Å². The maximum atomic E-state index is 12.3. The Kier molecular flexibility index (Phi) is 4.11. The third kappa shape index (κ3) is 2.61. The van der Waals surface area contributed by atoms with Gasteiger partial charge in [0.15, 0.2) is 4.34 Å². The minimum Gasteiger partial charge on any atom is -0.395 e. The second kappa shape index (κ2) is 5.33. The van der Waals surface area contributed by atoms with Gasteiger partial charge in [-0.25, -0.2) is 8.42 Å². The van der Waals surface area contributed by atoms with Gasteiger partial charge < -0.3 is 5.11 Å². The van der Waals surface area contributed by atoms with Gasteiger partial charge in [0.2, 0.25) is 0 Å². The molecule has 0 bridgehead atoms. The predicted octanol–water partition coefficient (Wildman–Crippen LogP) is 1.46. The lowest BCUT2D eigenvalue weighted by atomic mass is 10.2. The summed E-state index contributed by atoms with van der Waals surface area (Å²) in [4.78, 5) is 9.97. The highest BCUT2D eigenvalue weighted by Gasteiger charge is 2.37. The van der Waals surface area contributed by atoms with Gasteiger partial charge in [-0.15, -0.1) is 11.3 Å². The molecule has 1 aliphatic rings. The molecule has 0 radical (unpaired) electrons. The number of aliphatic hydroxyl groups excluding tert-OH is 1. The molecule has 2 heterocycles. The predicted molar refractivity (Wildman–Crippen MR) is 70.0 cm³/mol. The van der Waals surface area contributed by atoms with E-state index in [4.69, 9.17) is 16.7 Å². The van der Waals surface area contributed by atoms with Gasteiger partial charge in [-0.3, -0.25) is 10.1 Å². The van der Waals surface area contributed by atoms with E-state index in [1.165, 1.54) is 4.31 Å².